The number of unbranched alkanes of at least 4 members (excludes halogenated alkanes) is 4. The van der Waals surface area contributed by atoms with E-state index in [1.165, 1.54) is 18.9 Å². The number of carbonyl (C=O) groups excluding carboxylic acids is 1. The van der Waals surface area contributed by atoms with Gasteiger partial charge in [-0.3, -0.25) is 9.78 Å². The van der Waals surface area contributed by atoms with Gasteiger partial charge in [0.1, 0.15) is 6.10 Å². The second-order valence-electron chi connectivity index (χ2n) is 5.89. The summed E-state index contributed by atoms with van der Waals surface area (Å²) in [5.41, 5.74) is 0.603. The van der Waals surface area contributed by atoms with E-state index in [4.69, 9.17) is 4.74 Å². The van der Waals surface area contributed by atoms with Crippen molar-refractivity contribution in [2.24, 2.45) is 0 Å². The van der Waals surface area contributed by atoms with Gasteiger partial charge >= 0.3 is 11.9 Å². The highest BCUT2D eigenvalue weighted by atomic mass is 35.5. The number of esters is 1. The summed E-state index contributed by atoms with van der Waals surface area (Å²) in [6.07, 6.45) is 6.95. The van der Waals surface area contributed by atoms with Crippen LogP contribution in [0.3, 0.4) is 0 Å². The van der Waals surface area contributed by atoms with Crippen LogP contribution < -0.4 is 0 Å². The average Bonchev–Trinajstić information content (AvgIpc) is 2.53. The molecule has 1 N–H and O–H groups in total. The minimum atomic E-state index is -1.02. The molecule has 0 aliphatic heterocycles. The molecule has 0 aliphatic rings. The summed E-state index contributed by atoms with van der Waals surface area (Å²) in [7, 11) is 0. The number of aromatic carboxylic acids is 1. The van der Waals surface area contributed by atoms with Crippen molar-refractivity contribution in [1.82, 2.24) is 4.98 Å². The molecule has 0 radical (unpaired) electrons. The summed E-state index contributed by atoms with van der Waals surface area (Å²) < 4.78 is 5.44. The Morgan fingerprint density at radius 2 is 1.88 bits per heavy atom. The third-order valence-corrected chi connectivity index (χ3v) is 4.01. The van der Waals surface area contributed by atoms with Gasteiger partial charge in [-0.05, 0) is 25.5 Å². The summed E-state index contributed by atoms with van der Waals surface area (Å²) in [4.78, 5) is 27.3. The van der Waals surface area contributed by atoms with E-state index in [1.807, 2.05) is 6.92 Å². The Morgan fingerprint density at radius 1 is 1.21 bits per heavy atom. The van der Waals surface area contributed by atoms with Crippen molar-refractivity contribution in [1.29, 1.82) is 0 Å². The molecule has 1 heterocycles. The molecule has 5 nitrogen and oxygen atoms in total. The maximum atomic E-state index is 11.9. The summed E-state index contributed by atoms with van der Waals surface area (Å²) >= 11 is 0. The minimum Gasteiger partial charge on any atom is -0.478 e. The Morgan fingerprint density at radius 3 is 2.50 bits per heavy atom. The molecule has 1 rings (SSSR count). The van der Waals surface area contributed by atoms with Gasteiger partial charge in [-0.2, -0.15) is 0 Å². The number of carboxylic acid groups (broad SMARTS) is 1. The Kier molecular flexibility index (Phi) is 11.0. The lowest BCUT2D eigenvalue weighted by Crippen LogP contribution is -2.23. The minimum absolute atomic E-state index is 0. The molecule has 0 fully saturated rings. The van der Waals surface area contributed by atoms with Gasteiger partial charge in [0.05, 0.1) is 11.3 Å². The van der Waals surface area contributed by atoms with Crippen LogP contribution in [0.15, 0.2) is 18.3 Å². The summed E-state index contributed by atoms with van der Waals surface area (Å²) in [6, 6.07) is 3.11. The number of aromatic nitrogens is 1. The van der Waals surface area contributed by atoms with E-state index in [9.17, 15) is 14.7 Å². The largest absolute Gasteiger partial charge is 0.478 e. The van der Waals surface area contributed by atoms with Crippen molar-refractivity contribution in [2.45, 2.75) is 71.3 Å². The van der Waals surface area contributed by atoms with E-state index < -0.39 is 12.1 Å². The number of rotatable bonds is 10. The first-order valence-corrected chi connectivity index (χ1v) is 8.35. The predicted octanol–water partition coefficient (Wildman–Crippen LogP) is 4.60. The number of hydrogen-bond acceptors (Lipinski definition) is 4. The van der Waals surface area contributed by atoms with Crippen molar-refractivity contribution in [3.05, 3.63) is 29.6 Å². The molecule has 0 aromatic carbocycles. The molecule has 2 atom stereocenters. The molecule has 0 amide bonds. The van der Waals surface area contributed by atoms with Gasteiger partial charge in [0, 0.05) is 18.5 Å². The third-order valence-electron chi connectivity index (χ3n) is 4.01. The zero-order chi connectivity index (χ0) is 17.2. The molecule has 1 aromatic rings. The summed E-state index contributed by atoms with van der Waals surface area (Å²) in [5.74, 6) is -1.52. The molecule has 0 aliphatic carbocycles. The highest BCUT2D eigenvalue weighted by Gasteiger charge is 2.24. The molecule has 0 saturated heterocycles. The normalized spacial score (nSPS) is 12.8. The number of ether oxygens (including phenoxy) is 1. The van der Waals surface area contributed by atoms with Crippen LogP contribution in [-0.4, -0.2) is 28.1 Å². The van der Waals surface area contributed by atoms with E-state index in [0.29, 0.717) is 12.1 Å². The third kappa shape index (κ3) is 7.30. The van der Waals surface area contributed by atoms with Crippen molar-refractivity contribution in [3.8, 4) is 0 Å². The van der Waals surface area contributed by atoms with Gasteiger partial charge < -0.3 is 9.84 Å². The van der Waals surface area contributed by atoms with Crippen molar-refractivity contribution in [2.75, 3.05) is 0 Å². The van der Waals surface area contributed by atoms with E-state index in [-0.39, 0.29) is 29.9 Å². The van der Waals surface area contributed by atoms with E-state index in [2.05, 4.69) is 11.9 Å². The number of carboxylic acids is 1. The molecule has 0 spiro atoms. The van der Waals surface area contributed by atoms with Crippen LogP contribution in [0.5, 0.6) is 0 Å². The molecule has 2 unspecified atom stereocenters. The van der Waals surface area contributed by atoms with Gasteiger partial charge in [-0.1, -0.05) is 39.5 Å². The van der Waals surface area contributed by atoms with Gasteiger partial charge in [0.25, 0.3) is 0 Å². The maximum absolute atomic E-state index is 11.9. The van der Waals surface area contributed by atoms with Crippen LogP contribution in [-0.2, 0) is 9.53 Å². The first kappa shape index (κ1) is 22.4. The van der Waals surface area contributed by atoms with Crippen LogP contribution in [0, 0.1) is 0 Å². The zero-order valence-corrected chi connectivity index (χ0v) is 15.5. The smallest absolute Gasteiger partial charge is 0.337 e. The summed E-state index contributed by atoms with van der Waals surface area (Å²) in [6.45, 7) is 5.76. The lowest BCUT2D eigenvalue weighted by atomic mass is 9.97. The van der Waals surface area contributed by atoms with Crippen molar-refractivity contribution < 1.29 is 19.4 Å². The SMILES string of the molecule is CCCCCCCC(=O)OC(C)C(C)c1ncccc1C(=O)O.Cl. The molecule has 0 saturated carbocycles. The molecule has 6 heteroatoms. The molecule has 0 bridgehead atoms. The standard InChI is InChI=1S/C18H27NO4.ClH/c1-4-5-6-7-8-11-16(20)23-14(3)13(2)17-15(18(21)22)10-9-12-19-17;/h9-10,12-14H,4-8,11H2,1-3H3,(H,21,22);1H. The number of carbonyl (C=O) groups is 2. The quantitative estimate of drug-likeness (QED) is 0.489. The highest BCUT2D eigenvalue weighted by molar-refractivity contribution is 5.89. The lowest BCUT2D eigenvalue weighted by Gasteiger charge is -2.21. The van der Waals surface area contributed by atoms with Crippen LogP contribution in [0.1, 0.15) is 81.3 Å². The Bertz CT molecular complexity index is 521. The number of nitrogens with zero attached hydrogens (tertiary/aromatic N) is 1. The van der Waals surface area contributed by atoms with Crippen molar-refractivity contribution >= 4 is 24.3 Å². The fourth-order valence-electron chi connectivity index (χ4n) is 2.42. The molecule has 136 valence electrons. The zero-order valence-electron chi connectivity index (χ0n) is 14.7. The lowest BCUT2D eigenvalue weighted by molar-refractivity contribution is -0.149. The van der Waals surface area contributed by atoms with Crippen LogP contribution in [0.2, 0.25) is 0 Å². The van der Waals surface area contributed by atoms with Gasteiger partial charge in [-0.15, -0.1) is 12.4 Å². The molecule has 24 heavy (non-hydrogen) atoms. The van der Waals surface area contributed by atoms with E-state index >= 15 is 0 Å². The topological polar surface area (TPSA) is 76.5 Å². The number of pyridine rings is 1. The van der Waals surface area contributed by atoms with E-state index in [1.54, 1.807) is 19.2 Å². The van der Waals surface area contributed by atoms with Crippen LogP contribution in [0.4, 0.5) is 0 Å². The van der Waals surface area contributed by atoms with Crippen LogP contribution in [0.25, 0.3) is 0 Å². The number of halogens is 1. The predicted molar refractivity (Wildman–Crippen MR) is 95.8 cm³/mol. The fraction of sp³-hybridized carbons (Fsp3) is 0.611. The average molecular weight is 358 g/mol. The van der Waals surface area contributed by atoms with E-state index in [0.717, 1.165) is 19.3 Å². The molecular formula is C18H28ClNO4. The Hall–Kier alpha value is -1.62. The highest BCUT2D eigenvalue weighted by Crippen LogP contribution is 2.23. The van der Waals surface area contributed by atoms with Gasteiger partial charge in [0.15, 0.2) is 0 Å². The molecule has 1 aromatic heterocycles. The van der Waals surface area contributed by atoms with Crippen LogP contribution >= 0.6 is 12.4 Å². The van der Waals surface area contributed by atoms with Gasteiger partial charge in [-0.25, -0.2) is 4.79 Å². The Balaban J connectivity index is 0.00000529. The molecular weight excluding hydrogens is 330 g/mol. The second-order valence-corrected chi connectivity index (χ2v) is 5.89. The first-order chi connectivity index (χ1) is 11.0. The fourth-order valence-corrected chi connectivity index (χ4v) is 2.42. The van der Waals surface area contributed by atoms with Crippen molar-refractivity contribution in [3.63, 3.8) is 0 Å². The number of hydrogen-bond donors (Lipinski definition) is 1. The monoisotopic (exact) mass is 357 g/mol. The first-order valence-electron chi connectivity index (χ1n) is 8.35. The van der Waals surface area contributed by atoms with Gasteiger partial charge in [0.2, 0.25) is 0 Å². The maximum Gasteiger partial charge on any atom is 0.337 e. The second kappa shape index (κ2) is 11.8. The Labute approximate surface area is 150 Å². The summed E-state index contributed by atoms with van der Waals surface area (Å²) in [5, 5.41) is 9.22.